The molecule has 1 aromatic carbocycles. The molecule has 0 atom stereocenters. The number of amides is 1. The SMILES string of the molecule is CCc1oc(C(=O)NC(C)(C)c2ccccc2OC)cc1C(=O)O. The number of carbonyl (C=O) groups is 2. The van der Waals surface area contributed by atoms with Gasteiger partial charge in [0.15, 0.2) is 5.76 Å². The number of carbonyl (C=O) groups excluding carboxylic acids is 1. The number of nitrogens with one attached hydrogen (secondary N) is 1. The van der Waals surface area contributed by atoms with Crippen molar-refractivity contribution in [2.24, 2.45) is 0 Å². The van der Waals surface area contributed by atoms with Gasteiger partial charge in [0.25, 0.3) is 5.91 Å². The predicted molar refractivity (Wildman–Crippen MR) is 88.5 cm³/mol. The van der Waals surface area contributed by atoms with Gasteiger partial charge in [-0.1, -0.05) is 25.1 Å². The number of hydrogen-bond donors (Lipinski definition) is 2. The smallest absolute Gasteiger partial charge is 0.339 e. The highest BCUT2D eigenvalue weighted by atomic mass is 16.5. The quantitative estimate of drug-likeness (QED) is 0.848. The molecular weight excluding hydrogens is 310 g/mol. The van der Waals surface area contributed by atoms with Crippen LogP contribution in [-0.4, -0.2) is 24.1 Å². The van der Waals surface area contributed by atoms with Gasteiger partial charge >= 0.3 is 5.97 Å². The predicted octanol–water partition coefficient (Wildman–Crippen LogP) is 3.21. The van der Waals surface area contributed by atoms with Crippen molar-refractivity contribution >= 4 is 11.9 Å². The number of rotatable bonds is 6. The van der Waals surface area contributed by atoms with E-state index in [4.69, 9.17) is 14.3 Å². The zero-order valence-electron chi connectivity index (χ0n) is 14.2. The van der Waals surface area contributed by atoms with Gasteiger partial charge in [-0.3, -0.25) is 4.79 Å². The molecule has 0 spiro atoms. The number of hydrogen-bond acceptors (Lipinski definition) is 4. The first-order valence-electron chi connectivity index (χ1n) is 7.62. The Balaban J connectivity index is 2.30. The fraction of sp³-hybridized carbons (Fsp3) is 0.333. The van der Waals surface area contributed by atoms with E-state index in [9.17, 15) is 9.59 Å². The molecule has 128 valence electrons. The second-order valence-corrected chi connectivity index (χ2v) is 5.89. The van der Waals surface area contributed by atoms with E-state index in [0.717, 1.165) is 5.56 Å². The number of furan rings is 1. The average molecular weight is 331 g/mol. The van der Waals surface area contributed by atoms with Crippen molar-refractivity contribution in [3.63, 3.8) is 0 Å². The van der Waals surface area contributed by atoms with Crippen molar-refractivity contribution in [3.8, 4) is 5.75 Å². The zero-order chi connectivity index (χ0) is 17.9. The van der Waals surface area contributed by atoms with Gasteiger partial charge in [0.2, 0.25) is 0 Å². The highest BCUT2D eigenvalue weighted by Crippen LogP contribution is 2.29. The third-order valence-corrected chi connectivity index (χ3v) is 3.79. The number of carboxylic acids is 1. The summed E-state index contributed by atoms with van der Waals surface area (Å²) in [4.78, 5) is 23.7. The summed E-state index contributed by atoms with van der Waals surface area (Å²) in [5.74, 6) is -0.676. The van der Waals surface area contributed by atoms with Crippen LogP contribution >= 0.6 is 0 Å². The lowest BCUT2D eigenvalue weighted by molar-refractivity contribution is 0.0694. The van der Waals surface area contributed by atoms with Gasteiger partial charge in [0.1, 0.15) is 17.1 Å². The zero-order valence-corrected chi connectivity index (χ0v) is 14.2. The van der Waals surface area contributed by atoms with E-state index >= 15 is 0 Å². The summed E-state index contributed by atoms with van der Waals surface area (Å²) in [6, 6.07) is 8.64. The Labute approximate surface area is 140 Å². The molecular formula is C18H21NO5. The number of aromatic carboxylic acids is 1. The summed E-state index contributed by atoms with van der Waals surface area (Å²) in [6.07, 6.45) is 0.394. The number of ether oxygens (including phenoxy) is 1. The summed E-state index contributed by atoms with van der Waals surface area (Å²) >= 11 is 0. The lowest BCUT2D eigenvalue weighted by Gasteiger charge is -2.28. The molecule has 1 aromatic heterocycles. The van der Waals surface area contributed by atoms with Crippen LogP contribution in [0.2, 0.25) is 0 Å². The van der Waals surface area contributed by atoms with E-state index in [-0.39, 0.29) is 17.1 Å². The summed E-state index contributed by atoms with van der Waals surface area (Å²) in [6.45, 7) is 5.45. The molecule has 0 saturated carbocycles. The molecule has 2 aromatic rings. The molecule has 0 bridgehead atoms. The van der Waals surface area contributed by atoms with E-state index in [2.05, 4.69) is 5.32 Å². The van der Waals surface area contributed by atoms with Crippen LogP contribution in [0.4, 0.5) is 0 Å². The largest absolute Gasteiger partial charge is 0.496 e. The minimum Gasteiger partial charge on any atom is -0.496 e. The average Bonchev–Trinajstić information content (AvgIpc) is 2.99. The Morgan fingerprint density at radius 1 is 1.29 bits per heavy atom. The maximum atomic E-state index is 12.5. The minimum atomic E-state index is -1.11. The molecule has 0 aliphatic rings. The van der Waals surface area contributed by atoms with Crippen LogP contribution in [0.25, 0.3) is 0 Å². The Hall–Kier alpha value is -2.76. The minimum absolute atomic E-state index is 0.0118. The van der Waals surface area contributed by atoms with Gasteiger partial charge in [-0.2, -0.15) is 0 Å². The van der Waals surface area contributed by atoms with Crippen molar-refractivity contribution in [1.82, 2.24) is 5.32 Å². The third kappa shape index (κ3) is 3.42. The van der Waals surface area contributed by atoms with E-state index in [1.165, 1.54) is 6.07 Å². The Morgan fingerprint density at radius 3 is 2.50 bits per heavy atom. The molecule has 1 heterocycles. The van der Waals surface area contributed by atoms with E-state index in [1.807, 2.05) is 38.1 Å². The highest BCUT2D eigenvalue weighted by molar-refractivity contribution is 5.96. The molecule has 6 nitrogen and oxygen atoms in total. The maximum Gasteiger partial charge on any atom is 0.339 e. The Morgan fingerprint density at radius 2 is 1.96 bits per heavy atom. The maximum absolute atomic E-state index is 12.5. The second kappa shape index (κ2) is 6.78. The van der Waals surface area contributed by atoms with E-state index < -0.39 is 17.4 Å². The standard InChI is InChI=1S/C18H21NO5/c1-5-13-11(17(21)22)10-15(24-13)16(20)19-18(2,3)12-8-6-7-9-14(12)23-4/h6-10H,5H2,1-4H3,(H,19,20)(H,21,22). The lowest BCUT2D eigenvalue weighted by atomic mass is 9.93. The monoisotopic (exact) mass is 331 g/mol. The number of carboxylic acid groups (broad SMARTS) is 1. The fourth-order valence-electron chi connectivity index (χ4n) is 2.56. The van der Waals surface area contributed by atoms with Crippen molar-refractivity contribution in [3.05, 3.63) is 53.0 Å². The summed E-state index contributed by atoms with van der Waals surface area (Å²) in [7, 11) is 1.57. The number of methoxy groups -OCH3 is 1. The van der Waals surface area contributed by atoms with Gasteiger partial charge in [-0.15, -0.1) is 0 Å². The molecule has 24 heavy (non-hydrogen) atoms. The first-order chi connectivity index (χ1) is 11.3. The molecule has 0 fully saturated rings. The van der Waals surface area contributed by atoms with Crippen molar-refractivity contribution in [1.29, 1.82) is 0 Å². The van der Waals surface area contributed by atoms with Gasteiger partial charge in [0.05, 0.1) is 12.6 Å². The van der Waals surface area contributed by atoms with Gasteiger partial charge < -0.3 is 19.6 Å². The first-order valence-corrected chi connectivity index (χ1v) is 7.62. The van der Waals surface area contributed by atoms with Crippen LogP contribution in [0.1, 0.15) is 53.0 Å². The van der Waals surface area contributed by atoms with E-state index in [1.54, 1.807) is 14.0 Å². The van der Waals surface area contributed by atoms with Gasteiger partial charge in [-0.25, -0.2) is 4.79 Å². The van der Waals surface area contributed by atoms with Crippen LogP contribution in [0.3, 0.4) is 0 Å². The Kier molecular flexibility index (Phi) is 4.97. The summed E-state index contributed by atoms with van der Waals surface area (Å²) in [5.41, 5.74) is 0.0889. The number of benzene rings is 1. The van der Waals surface area contributed by atoms with Crippen molar-refractivity contribution < 1.29 is 23.8 Å². The van der Waals surface area contributed by atoms with Crippen LogP contribution in [0.5, 0.6) is 5.75 Å². The van der Waals surface area contributed by atoms with Crippen molar-refractivity contribution in [2.45, 2.75) is 32.7 Å². The molecule has 6 heteroatoms. The van der Waals surface area contributed by atoms with Gasteiger partial charge in [0, 0.05) is 18.1 Å². The molecule has 2 rings (SSSR count). The molecule has 2 N–H and O–H groups in total. The number of para-hydroxylation sites is 1. The highest BCUT2D eigenvalue weighted by Gasteiger charge is 2.29. The normalized spacial score (nSPS) is 11.2. The summed E-state index contributed by atoms with van der Waals surface area (Å²) < 4.78 is 10.7. The molecule has 1 amide bonds. The molecule has 0 radical (unpaired) electrons. The second-order valence-electron chi connectivity index (χ2n) is 5.89. The van der Waals surface area contributed by atoms with Crippen LogP contribution in [0, 0.1) is 0 Å². The molecule has 0 unspecified atom stereocenters. The van der Waals surface area contributed by atoms with Crippen LogP contribution in [0.15, 0.2) is 34.7 Å². The molecule has 0 saturated heterocycles. The van der Waals surface area contributed by atoms with Crippen molar-refractivity contribution in [2.75, 3.05) is 7.11 Å². The van der Waals surface area contributed by atoms with E-state index in [0.29, 0.717) is 12.2 Å². The Bertz CT molecular complexity index is 761. The fourth-order valence-corrected chi connectivity index (χ4v) is 2.56. The third-order valence-electron chi connectivity index (χ3n) is 3.79. The number of aryl methyl sites for hydroxylation is 1. The lowest BCUT2D eigenvalue weighted by Crippen LogP contribution is -2.41. The van der Waals surface area contributed by atoms with Crippen LogP contribution in [-0.2, 0) is 12.0 Å². The van der Waals surface area contributed by atoms with Crippen LogP contribution < -0.4 is 10.1 Å². The summed E-state index contributed by atoms with van der Waals surface area (Å²) in [5, 5.41) is 12.0. The molecule has 0 aliphatic heterocycles. The van der Waals surface area contributed by atoms with Gasteiger partial charge in [-0.05, 0) is 19.9 Å². The molecule has 0 aliphatic carbocycles. The topological polar surface area (TPSA) is 88.8 Å². The first kappa shape index (κ1) is 17.6.